The molecular formula is C17H23NO3. The number of fused-ring (bicyclic) bond motifs is 1. The summed E-state index contributed by atoms with van der Waals surface area (Å²) in [6, 6.07) is 6.05. The number of hydrogen-bond acceptors (Lipinski definition) is 3. The summed E-state index contributed by atoms with van der Waals surface area (Å²) in [5, 5.41) is 12.8. The van der Waals surface area contributed by atoms with Gasteiger partial charge in [-0.25, -0.2) is 4.79 Å². The molecule has 2 atom stereocenters. The van der Waals surface area contributed by atoms with Crippen molar-refractivity contribution in [1.82, 2.24) is 5.32 Å². The molecule has 1 saturated heterocycles. The van der Waals surface area contributed by atoms with Gasteiger partial charge in [0.25, 0.3) is 0 Å². The van der Waals surface area contributed by atoms with E-state index in [-0.39, 0.29) is 0 Å². The van der Waals surface area contributed by atoms with Crippen molar-refractivity contribution in [2.45, 2.75) is 44.1 Å². The number of rotatable bonds is 4. The average Bonchev–Trinajstić information content (AvgIpc) is 2.53. The van der Waals surface area contributed by atoms with Gasteiger partial charge in [-0.15, -0.1) is 0 Å². The number of nitrogens with one attached hydrogen (secondary N) is 1. The van der Waals surface area contributed by atoms with Crippen molar-refractivity contribution in [2.24, 2.45) is 0 Å². The summed E-state index contributed by atoms with van der Waals surface area (Å²) in [5.41, 5.74) is 2.95. The van der Waals surface area contributed by atoms with Crippen LogP contribution in [-0.2, 0) is 11.2 Å². The van der Waals surface area contributed by atoms with Gasteiger partial charge in [0.05, 0.1) is 12.2 Å². The molecule has 1 aromatic carbocycles. The van der Waals surface area contributed by atoms with Crippen molar-refractivity contribution < 1.29 is 14.6 Å². The van der Waals surface area contributed by atoms with Gasteiger partial charge in [0.15, 0.2) is 0 Å². The molecule has 1 heterocycles. The minimum atomic E-state index is -0.837. The molecule has 1 aliphatic heterocycles. The molecule has 0 saturated carbocycles. The Morgan fingerprint density at radius 1 is 1.33 bits per heavy atom. The molecule has 0 radical (unpaired) electrons. The Kier molecular flexibility index (Phi) is 4.56. The van der Waals surface area contributed by atoms with Crippen molar-refractivity contribution in [2.75, 3.05) is 19.8 Å². The van der Waals surface area contributed by atoms with Crippen LogP contribution in [0.25, 0.3) is 0 Å². The van der Waals surface area contributed by atoms with Crippen LogP contribution in [0.4, 0.5) is 0 Å². The highest BCUT2D eigenvalue weighted by Gasteiger charge is 2.23. The molecule has 0 aromatic heterocycles. The quantitative estimate of drug-likeness (QED) is 0.894. The number of carboxylic acid groups (broad SMARTS) is 1. The van der Waals surface area contributed by atoms with E-state index in [1.54, 1.807) is 6.07 Å². The molecule has 0 bridgehead atoms. The maximum absolute atomic E-state index is 11.2. The molecule has 4 nitrogen and oxygen atoms in total. The smallest absolute Gasteiger partial charge is 0.335 e. The lowest BCUT2D eigenvalue weighted by Gasteiger charge is -2.29. The summed E-state index contributed by atoms with van der Waals surface area (Å²) in [6.45, 7) is 2.60. The molecular weight excluding hydrogens is 266 g/mol. The van der Waals surface area contributed by atoms with Gasteiger partial charge in [0.1, 0.15) is 0 Å². The van der Waals surface area contributed by atoms with Crippen molar-refractivity contribution in [3.63, 3.8) is 0 Å². The zero-order valence-corrected chi connectivity index (χ0v) is 12.3. The highest BCUT2D eigenvalue weighted by atomic mass is 16.5. The molecule has 1 aromatic rings. The van der Waals surface area contributed by atoms with Crippen molar-refractivity contribution in [3.8, 4) is 0 Å². The monoisotopic (exact) mass is 289 g/mol. The largest absolute Gasteiger partial charge is 0.478 e. The van der Waals surface area contributed by atoms with Crippen LogP contribution in [0, 0.1) is 0 Å². The molecule has 1 aliphatic carbocycles. The van der Waals surface area contributed by atoms with Crippen LogP contribution in [0.15, 0.2) is 18.2 Å². The van der Waals surface area contributed by atoms with E-state index in [1.165, 1.54) is 24.0 Å². The fraction of sp³-hybridized carbons (Fsp3) is 0.588. The lowest BCUT2D eigenvalue weighted by molar-refractivity contribution is 0.0696. The van der Waals surface area contributed by atoms with Gasteiger partial charge >= 0.3 is 5.97 Å². The predicted octanol–water partition coefficient (Wildman–Crippen LogP) is 2.57. The zero-order chi connectivity index (χ0) is 14.7. The summed E-state index contributed by atoms with van der Waals surface area (Å²) in [6.07, 6.45) is 5.69. The van der Waals surface area contributed by atoms with Crippen LogP contribution in [-0.4, -0.2) is 36.9 Å². The predicted molar refractivity (Wildman–Crippen MR) is 80.9 cm³/mol. The van der Waals surface area contributed by atoms with E-state index >= 15 is 0 Å². The highest BCUT2D eigenvalue weighted by Crippen LogP contribution is 2.32. The number of benzene rings is 1. The van der Waals surface area contributed by atoms with Crippen LogP contribution in [0.3, 0.4) is 0 Å². The molecule has 114 valence electrons. The summed E-state index contributed by atoms with van der Waals surface area (Å²) < 4.78 is 5.50. The number of aryl methyl sites for hydroxylation is 1. The van der Waals surface area contributed by atoms with E-state index in [9.17, 15) is 9.90 Å². The standard InChI is InChI=1S/C17H23NO3/c19-17(20)13-7-6-12-3-1-4-14(16(12)9-13)10-18-15-5-2-8-21-11-15/h6-7,9,14-15,18H,1-5,8,10-11H2,(H,19,20). The minimum absolute atomic E-state index is 0.404. The van der Waals surface area contributed by atoms with Crippen LogP contribution < -0.4 is 5.32 Å². The Morgan fingerprint density at radius 2 is 2.24 bits per heavy atom. The molecule has 4 heteroatoms. The molecule has 2 aliphatic rings. The molecule has 0 spiro atoms. The van der Waals surface area contributed by atoms with E-state index < -0.39 is 5.97 Å². The average molecular weight is 289 g/mol. The van der Waals surface area contributed by atoms with Crippen molar-refractivity contribution in [3.05, 3.63) is 34.9 Å². The third kappa shape index (κ3) is 3.44. The molecule has 0 amide bonds. The van der Waals surface area contributed by atoms with E-state index in [2.05, 4.69) is 5.32 Å². The van der Waals surface area contributed by atoms with Gasteiger partial charge in [-0.1, -0.05) is 6.07 Å². The lowest BCUT2D eigenvalue weighted by Crippen LogP contribution is -2.39. The number of ether oxygens (including phenoxy) is 1. The Morgan fingerprint density at radius 3 is 3.00 bits per heavy atom. The van der Waals surface area contributed by atoms with E-state index in [0.29, 0.717) is 17.5 Å². The van der Waals surface area contributed by atoms with Crippen LogP contribution in [0.2, 0.25) is 0 Å². The third-order valence-corrected chi connectivity index (χ3v) is 4.64. The first-order valence-corrected chi connectivity index (χ1v) is 7.91. The number of aromatic carboxylic acids is 1. The Labute approximate surface area is 125 Å². The summed E-state index contributed by atoms with van der Waals surface area (Å²) >= 11 is 0. The SMILES string of the molecule is O=C(O)c1ccc2c(c1)C(CNC1CCCOC1)CCC2. The number of carbonyl (C=O) groups is 1. The third-order valence-electron chi connectivity index (χ3n) is 4.64. The van der Waals surface area contributed by atoms with Gasteiger partial charge in [-0.3, -0.25) is 0 Å². The Balaban J connectivity index is 1.69. The normalized spacial score (nSPS) is 25.3. The van der Waals surface area contributed by atoms with Crippen molar-refractivity contribution >= 4 is 5.97 Å². The molecule has 1 fully saturated rings. The van der Waals surface area contributed by atoms with Gasteiger partial charge < -0.3 is 15.2 Å². The van der Waals surface area contributed by atoms with Crippen LogP contribution >= 0.6 is 0 Å². The molecule has 21 heavy (non-hydrogen) atoms. The second kappa shape index (κ2) is 6.58. The minimum Gasteiger partial charge on any atom is -0.478 e. The van der Waals surface area contributed by atoms with Crippen LogP contribution in [0.5, 0.6) is 0 Å². The lowest BCUT2D eigenvalue weighted by atomic mass is 9.81. The molecule has 3 rings (SSSR count). The highest BCUT2D eigenvalue weighted by molar-refractivity contribution is 5.88. The summed E-state index contributed by atoms with van der Waals surface area (Å²) in [5.74, 6) is -0.411. The molecule has 2 unspecified atom stereocenters. The second-order valence-electron chi connectivity index (χ2n) is 6.13. The topological polar surface area (TPSA) is 58.6 Å². The first-order valence-electron chi connectivity index (χ1n) is 7.91. The first-order chi connectivity index (χ1) is 10.2. The fourth-order valence-corrected chi connectivity index (χ4v) is 3.45. The maximum Gasteiger partial charge on any atom is 0.335 e. The summed E-state index contributed by atoms with van der Waals surface area (Å²) in [4.78, 5) is 11.2. The van der Waals surface area contributed by atoms with E-state index in [0.717, 1.165) is 39.0 Å². The van der Waals surface area contributed by atoms with Gasteiger partial charge in [-0.2, -0.15) is 0 Å². The number of carboxylic acids is 1. The van der Waals surface area contributed by atoms with E-state index in [1.807, 2.05) is 12.1 Å². The first kappa shape index (κ1) is 14.5. The molecule has 2 N–H and O–H groups in total. The summed E-state index contributed by atoms with van der Waals surface area (Å²) in [7, 11) is 0. The zero-order valence-electron chi connectivity index (χ0n) is 12.3. The Bertz CT molecular complexity index is 509. The Hall–Kier alpha value is -1.39. The van der Waals surface area contributed by atoms with Gasteiger partial charge in [-0.05, 0) is 61.3 Å². The van der Waals surface area contributed by atoms with E-state index in [4.69, 9.17) is 4.74 Å². The fourth-order valence-electron chi connectivity index (χ4n) is 3.45. The van der Waals surface area contributed by atoms with Crippen molar-refractivity contribution in [1.29, 1.82) is 0 Å². The van der Waals surface area contributed by atoms with Gasteiger partial charge in [0, 0.05) is 19.2 Å². The number of hydrogen-bond donors (Lipinski definition) is 2. The second-order valence-corrected chi connectivity index (χ2v) is 6.13. The van der Waals surface area contributed by atoms with Gasteiger partial charge in [0.2, 0.25) is 0 Å². The van der Waals surface area contributed by atoms with Crippen LogP contribution in [0.1, 0.15) is 53.1 Å². The maximum atomic E-state index is 11.2.